The van der Waals surface area contributed by atoms with E-state index < -0.39 is 0 Å². The average molecular weight is 278 g/mol. The second-order valence-corrected chi connectivity index (χ2v) is 5.43. The van der Waals surface area contributed by atoms with Crippen LogP contribution in [0.5, 0.6) is 5.75 Å². The first-order valence-electron chi connectivity index (χ1n) is 5.95. The minimum atomic E-state index is -0.181. The molecule has 0 heterocycles. The van der Waals surface area contributed by atoms with Gasteiger partial charge in [0.15, 0.2) is 6.79 Å². The molecule has 2 nitrogen and oxygen atoms in total. The first-order chi connectivity index (χ1) is 9.22. The molecule has 0 aliphatic heterocycles. The molecule has 2 aromatic carbocycles. The maximum atomic E-state index is 13.7. The third-order valence-electron chi connectivity index (χ3n) is 2.68. The van der Waals surface area contributed by atoms with E-state index in [-0.39, 0.29) is 21.2 Å². The topological polar surface area (TPSA) is 18.5 Å². The zero-order chi connectivity index (χ0) is 13.7. The summed E-state index contributed by atoms with van der Waals surface area (Å²) in [6.45, 7) is 2.17. The first kappa shape index (κ1) is 14.0. The van der Waals surface area contributed by atoms with E-state index in [1.54, 1.807) is 19.2 Å². The van der Waals surface area contributed by atoms with Crippen LogP contribution in [-0.4, -0.2) is 13.9 Å². The highest BCUT2D eigenvalue weighted by Crippen LogP contribution is 2.23. The highest BCUT2D eigenvalue weighted by atomic mass is 31.1. The molecule has 0 bridgehead atoms. The summed E-state index contributed by atoms with van der Waals surface area (Å²) in [6, 6.07) is 12.7. The number of para-hydroxylation sites is 1. The number of rotatable bonds is 5. The van der Waals surface area contributed by atoms with Gasteiger partial charge in [0.25, 0.3) is 0 Å². The van der Waals surface area contributed by atoms with Crippen molar-refractivity contribution in [2.24, 2.45) is 0 Å². The number of methoxy groups -OCH3 is 1. The Bertz CT molecular complexity index is 558. The van der Waals surface area contributed by atoms with Gasteiger partial charge < -0.3 is 9.47 Å². The van der Waals surface area contributed by atoms with Crippen molar-refractivity contribution >= 4 is 19.2 Å². The SMILES string of the molecule is COCOc1c(C)cccc1Pc1ccccc1F. The van der Waals surface area contributed by atoms with E-state index in [4.69, 9.17) is 9.47 Å². The zero-order valence-corrected chi connectivity index (χ0v) is 11.9. The summed E-state index contributed by atoms with van der Waals surface area (Å²) >= 11 is 0. The van der Waals surface area contributed by atoms with Gasteiger partial charge >= 0.3 is 0 Å². The highest BCUT2D eigenvalue weighted by Gasteiger charge is 2.10. The third-order valence-corrected chi connectivity index (χ3v) is 4.01. The molecular formula is C15H16FO2P. The molecular weight excluding hydrogens is 262 g/mol. The normalized spacial score (nSPS) is 11.1. The molecule has 0 amide bonds. The molecule has 0 fully saturated rings. The van der Waals surface area contributed by atoms with Crippen LogP contribution >= 0.6 is 8.58 Å². The Balaban J connectivity index is 2.29. The molecule has 0 aliphatic rings. The lowest BCUT2D eigenvalue weighted by Crippen LogP contribution is -2.13. The number of hydrogen-bond acceptors (Lipinski definition) is 2. The van der Waals surface area contributed by atoms with Crippen LogP contribution in [0.1, 0.15) is 5.56 Å². The maximum Gasteiger partial charge on any atom is 0.188 e. The molecule has 0 saturated heterocycles. The van der Waals surface area contributed by atoms with Gasteiger partial charge in [-0.2, -0.15) is 0 Å². The van der Waals surface area contributed by atoms with Gasteiger partial charge in [0.2, 0.25) is 0 Å². The van der Waals surface area contributed by atoms with E-state index in [2.05, 4.69) is 0 Å². The van der Waals surface area contributed by atoms with Crippen LogP contribution in [0.2, 0.25) is 0 Å². The van der Waals surface area contributed by atoms with Crippen molar-refractivity contribution in [3.8, 4) is 5.75 Å². The van der Waals surface area contributed by atoms with Crippen LogP contribution in [0.3, 0.4) is 0 Å². The second kappa shape index (κ2) is 6.65. The fraction of sp³-hybridized carbons (Fsp3) is 0.200. The fourth-order valence-electron chi connectivity index (χ4n) is 1.77. The van der Waals surface area contributed by atoms with Crippen molar-refractivity contribution < 1.29 is 13.9 Å². The van der Waals surface area contributed by atoms with Crippen molar-refractivity contribution in [2.75, 3.05) is 13.9 Å². The van der Waals surface area contributed by atoms with Crippen molar-refractivity contribution in [1.29, 1.82) is 0 Å². The highest BCUT2D eigenvalue weighted by molar-refractivity contribution is 7.55. The average Bonchev–Trinajstić information content (AvgIpc) is 2.41. The summed E-state index contributed by atoms with van der Waals surface area (Å²) in [4.78, 5) is 0. The zero-order valence-electron chi connectivity index (χ0n) is 10.9. The lowest BCUT2D eigenvalue weighted by atomic mass is 10.2. The van der Waals surface area contributed by atoms with Gasteiger partial charge in [0, 0.05) is 17.7 Å². The number of benzene rings is 2. The molecule has 0 spiro atoms. The summed E-state index contributed by atoms with van der Waals surface area (Å²) in [5.74, 6) is 0.603. The summed E-state index contributed by atoms with van der Waals surface area (Å²) in [6.07, 6.45) is 0. The molecule has 0 saturated carbocycles. The molecule has 0 aromatic heterocycles. The number of hydrogen-bond donors (Lipinski definition) is 0. The predicted molar refractivity (Wildman–Crippen MR) is 77.7 cm³/mol. The van der Waals surface area contributed by atoms with Crippen molar-refractivity contribution in [1.82, 2.24) is 0 Å². The lowest BCUT2D eigenvalue weighted by molar-refractivity contribution is 0.0514. The van der Waals surface area contributed by atoms with Gasteiger partial charge in [0.05, 0.1) is 0 Å². The Hall–Kier alpha value is -1.44. The van der Waals surface area contributed by atoms with Crippen LogP contribution in [0.4, 0.5) is 4.39 Å². The van der Waals surface area contributed by atoms with E-state index in [1.165, 1.54) is 6.07 Å². The van der Waals surface area contributed by atoms with Crippen LogP contribution in [-0.2, 0) is 4.74 Å². The molecule has 2 aromatic rings. The van der Waals surface area contributed by atoms with E-state index in [0.717, 1.165) is 16.6 Å². The summed E-state index contributed by atoms with van der Waals surface area (Å²) in [5.41, 5.74) is 1.03. The summed E-state index contributed by atoms with van der Waals surface area (Å²) < 4.78 is 24.2. The van der Waals surface area contributed by atoms with E-state index in [0.29, 0.717) is 5.30 Å². The molecule has 1 atom stereocenters. The van der Waals surface area contributed by atoms with Gasteiger partial charge in [-0.05, 0) is 18.6 Å². The van der Waals surface area contributed by atoms with Crippen molar-refractivity contribution in [3.63, 3.8) is 0 Å². The third kappa shape index (κ3) is 3.52. The number of aryl methyl sites for hydroxylation is 1. The molecule has 2 rings (SSSR count). The molecule has 19 heavy (non-hydrogen) atoms. The van der Waals surface area contributed by atoms with Gasteiger partial charge in [-0.3, -0.25) is 0 Å². The quantitative estimate of drug-likeness (QED) is 0.618. The number of halogens is 1. The van der Waals surface area contributed by atoms with Gasteiger partial charge in [0.1, 0.15) is 11.6 Å². The van der Waals surface area contributed by atoms with Gasteiger partial charge in [-0.15, -0.1) is 0 Å². The molecule has 1 unspecified atom stereocenters. The summed E-state index contributed by atoms with van der Waals surface area (Å²) in [5, 5.41) is 1.68. The lowest BCUT2D eigenvalue weighted by Gasteiger charge is -2.13. The maximum absolute atomic E-state index is 13.7. The fourth-order valence-corrected chi connectivity index (χ4v) is 3.00. The minimum Gasteiger partial charge on any atom is -0.467 e. The van der Waals surface area contributed by atoms with Gasteiger partial charge in [-0.1, -0.05) is 45.0 Å². The van der Waals surface area contributed by atoms with Crippen LogP contribution in [0.15, 0.2) is 42.5 Å². The van der Waals surface area contributed by atoms with E-state index in [9.17, 15) is 4.39 Å². The minimum absolute atomic E-state index is 0.181. The molecule has 100 valence electrons. The smallest absolute Gasteiger partial charge is 0.188 e. The monoisotopic (exact) mass is 278 g/mol. The van der Waals surface area contributed by atoms with E-state index >= 15 is 0 Å². The van der Waals surface area contributed by atoms with E-state index in [1.807, 2.05) is 31.2 Å². The molecule has 4 heteroatoms. The molecule has 0 radical (unpaired) electrons. The van der Waals surface area contributed by atoms with Crippen LogP contribution in [0.25, 0.3) is 0 Å². The first-order valence-corrected chi connectivity index (χ1v) is 6.95. The van der Waals surface area contributed by atoms with Crippen LogP contribution in [0, 0.1) is 12.7 Å². The Morgan fingerprint density at radius 1 is 1.05 bits per heavy atom. The summed E-state index contributed by atoms with van der Waals surface area (Å²) in [7, 11) is 1.81. The van der Waals surface area contributed by atoms with Crippen LogP contribution < -0.4 is 15.3 Å². The Kier molecular flexibility index (Phi) is 4.89. The largest absolute Gasteiger partial charge is 0.467 e. The second-order valence-electron chi connectivity index (χ2n) is 4.11. The Morgan fingerprint density at radius 3 is 2.53 bits per heavy atom. The molecule has 0 N–H and O–H groups in total. The Labute approximate surface area is 114 Å². The number of ether oxygens (including phenoxy) is 2. The van der Waals surface area contributed by atoms with Gasteiger partial charge in [-0.25, -0.2) is 4.39 Å². The van der Waals surface area contributed by atoms with Crippen molar-refractivity contribution in [3.05, 3.63) is 53.8 Å². The van der Waals surface area contributed by atoms with Crippen molar-refractivity contribution in [2.45, 2.75) is 6.92 Å². The Morgan fingerprint density at radius 2 is 1.79 bits per heavy atom. The molecule has 0 aliphatic carbocycles. The predicted octanol–water partition coefficient (Wildman–Crippen LogP) is 2.75. The standard InChI is InChI=1S/C15H16FO2P/c1-11-6-5-9-14(15(11)18-10-17-2)19-13-8-4-3-7-12(13)16/h3-9,19H,10H2,1-2H3.